The summed E-state index contributed by atoms with van der Waals surface area (Å²) >= 11 is 5.92. The number of piperazine rings is 1. The Morgan fingerprint density at radius 2 is 1.90 bits per heavy atom. The first kappa shape index (κ1) is 20.9. The van der Waals surface area contributed by atoms with Crippen LogP contribution in [0.15, 0.2) is 45.9 Å². The van der Waals surface area contributed by atoms with E-state index in [1.54, 1.807) is 6.21 Å². The normalized spacial score (nSPS) is 20.9. The highest BCUT2D eigenvalue weighted by Gasteiger charge is 2.31. The zero-order valence-electron chi connectivity index (χ0n) is 17.2. The quantitative estimate of drug-likeness (QED) is 0.625. The second-order valence-corrected chi connectivity index (χ2v) is 8.26. The lowest BCUT2D eigenvalue weighted by Crippen LogP contribution is -2.44. The highest BCUT2D eigenvalue weighted by atomic mass is 35.5. The van der Waals surface area contributed by atoms with Crippen LogP contribution in [0, 0.1) is 0 Å². The molecule has 2 aliphatic rings. The molecular formula is C22H27ClN4O3. The molecule has 1 atom stereocenters. The van der Waals surface area contributed by atoms with Gasteiger partial charge in [-0.15, -0.1) is 0 Å². The lowest BCUT2D eigenvalue weighted by molar-refractivity contribution is 0.119. The number of carbonyl (C=O) groups excluding carboxylic acids is 1. The molecule has 0 bridgehead atoms. The number of likely N-dealkylation sites (N-methyl/N-ethyl adjacent to an activating group) is 1. The largest absolute Gasteiger partial charge is 0.455 e. The minimum Gasteiger partial charge on any atom is -0.455 e. The maximum absolute atomic E-state index is 12.1. The Labute approximate surface area is 181 Å². The van der Waals surface area contributed by atoms with Gasteiger partial charge in [-0.05, 0) is 62.8 Å². The molecule has 1 aromatic carbocycles. The van der Waals surface area contributed by atoms with Crippen LogP contribution in [-0.4, -0.2) is 79.5 Å². The minimum absolute atomic E-state index is 0.108. The molecule has 0 aliphatic carbocycles. The second-order valence-electron chi connectivity index (χ2n) is 7.83. The number of hydrazone groups is 1. The number of ether oxygens (including phenoxy) is 1. The Morgan fingerprint density at radius 1 is 1.13 bits per heavy atom. The first-order chi connectivity index (χ1) is 14.6. The van der Waals surface area contributed by atoms with Crippen LogP contribution in [-0.2, 0) is 4.74 Å². The van der Waals surface area contributed by atoms with Gasteiger partial charge in [0.15, 0.2) is 0 Å². The van der Waals surface area contributed by atoms with Crippen molar-refractivity contribution < 1.29 is 13.9 Å². The van der Waals surface area contributed by atoms with E-state index >= 15 is 0 Å². The standard InChI is InChI=1S/C22H27ClN4O3/c1-25-11-13-26(14-12-25)10-2-3-20-16-27(22(28)30-20)24-15-19-8-9-21(29-19)17-4-6-18(23)7-5-17/h4-9,15,20H,2-3,10-14,16H2,1H3/b24-15+. The molecule has 2 saturated heterocycles. The number of amides is 1. The average Bonchev–Trinajstić information content (AvgIpc) is 3.35. The maximum atomic E-state index is 12.1. The van der Waals surface area contributed by atoms with Crippen LogP contribution < -0.4 is 0 Å². The molecule has 4 rings (SSSR count). The molecule has 3 heterocycles. The Bertz CT molecular complexity index is 875. The number of halogens is 1. The van der Waals surface area contributed by atoms with E-state index in [1.165, 1.54) is 5.01 Å². The molecule has 7 nitrogen and oxygen atoms in total. The Morgan fingerprint density at radius 3 is 2.67 bits per heavy atom. The third-order valence-electron chi connectivity index (χ3n) is 5.53. The molecule has 160 valence electrons. The van der Waals surface area contributed by atoms with Crippen molar-refractivity contribution in [2.75, 3.05) is 46.3 Å². The van der Waals surface area contributed by atoms with Gasteiger partial charge in [0.25, 0.3) is 0 Å². The molecule has 0 radical (unpaired) electrons. The van der Waals surface area contributed by atoms with Crippen molar-refractivity contribution in [3.63, 3.8) is 0 Å². The molecule has 0 saturated carbocycles. The summed E-state index contributed by atoms with van der Waals surface area (Å²) in [5, 5.41) is 6.30. The molecule has 0 spiro atoms. The van der Waals surface area contributed by atoms with Crippen molar-refractivity contribution in [3.8, 4) is 11.3 Å². The predicted octanol–water partition coefficient (Wildman–Crippen LogP) is 3.78. The molecular weight excluding hydrogens is 404 g/mol. The monoisotopic (exact) mass is 430 g/mol. The van der Waals surface area contributed by atoms with Crippen molar-refractivity contribution in [2.45, 2.75) is 18.9 Å². The number of hydrogen-bond acceptors (Lipinski definition) is 6. The zero-order chi connectivity index (χ0) is 20.9. The highest BCUT2D eigenvalue weighted by molar-refractivity contribution is 6.30. The zero-order valence-corrected chi connectivity index (χ0v) is 17.9. The number of benzene rings is 1. The van der Waals surface area contributed by atoms with Crippen molar-refractivity contribution in [1.29, 1.82) is 0 Å². The molecule has 2 aromatic rings. The maximum Gasteiger partial charge on any atom is 0.430 e. The first-order valence-corrected chi connectivity index (χ1v) is 10.7. The number of furan rings is 1. The number of carbonyl (C=O) groups is 1. The van der Waals surface area contributed by atoms with Crippen LogP contribution in [0.5, 0.6) is 0 Å². The summed E-state index contributed by atoms with van der Waals surface area (Å²) < 4.78 is 11.2. The van der Waals surface area contributed by atoms with Crippen molar-refractivity contribution >= 4 is 23.9 Å². The SMILES string of the molecule is CN1CCN(CCCC2CN(/N=C/c3ccc(-c4ccc(Cl)cc4)o3)C(=O)O2)CC1. The van der Waals surface area contributed by atoms with E-state index in [-0.39, 0.29) is 6.10 Å². The van der Waals surface area contributed by atoms with Crippen molar-refractivity contribution in [2.24, 2.45) is 5.10 Å². The molecule has 2 aliphatic heterocycles. The second kappa shape index (κ2) is 9.64. The fourth-order valence-electron chi connectivity index (χ4n) is 3.68. The van der Waals surface area contributed by atoms with E-state index in [0.717, 1.165) is 56.9 Å². The number of cyclic esters (lactones) is 1. The summed E-state index contributed by atoms with van der Waals surface area (Å²) in [5.74, 6) is 1.30. The van der Waals surface area contributed by atoms with Gasteiger partial charge in [0.1, 0.15) is 17.6 Å². The van der Waals surface area contributed by atoms with Crippen LogP contribution in [0.4, 0.5) is 4.79 Å². The third-order valence-corrected chi connectivity index (χ3v) is 5.78. The van der Waals surface area contributed by atoms with E-state index in [2.05, 4.69) is 21.9 Å². The van der Waals surface area contributed by atoms with Crippen molar-refractivity contribution in [3.05, 3.63) is 47.2 Å². The number of rotatable bonds is 7. The van der Waals surface area contributed by atoms with Crippen LogP contribution in [0.2, 0.25) is 5.02 Å². The van der Waals surface area contributed by atoms with Crippen LogP contribution in [0.1, 0.15) is 18.6 Å². The summed E-state index contributed by atoms with van der Waals surface area (Å²) in [6.45, 7) is 5.98. The van der Waals surface area contributed by atoms with Gasteiger partial charge in [-0.1, -0.05) is 11.6 Å². The molecule has 30 heavy (non-hydrogen) atoms. The fourth-order valence-corrected chi connectivity index (χ4v) is 3.81. The van der Waals surface area contributed by atoms with E-state index < -0.39 is 6.09 Å². The minimum atomic E-state index is -0.402. The van der Waals surface area contributed by atoms with E-state index in [0.29, 0.717) is 17.3 Å². The van der Waals surface area contributed by atoms with Gasteiger partial charge in [-0.2, -0.15) is 10.1 Å². The van der Waals surface area contributed by atoms with Gasteiger partial charge in [-0.25, -0.2) is 4.79 Å². The van der Waals surface area contributed by atoms with E-state index in [4.69, 9.17) is 20.8 Å². The van der Waals surface area contributed by atoms with Gasteiger partial charge in [0.2, 0.25) is 0 Å². The fraction of sp³-hybridized carbons (Fsp3) is 0.455. The highest BCUT2D eigenvalue weighted by Crippen LogP contribution is 2.23. The smallest absolute Gasteiger partial charge is 0.430 e. The predicted molar refractivity (Wildman–Crippen MR) is 117 cm³/mol. The van der Waals surface area contributed by atoms with Crippen LogP contribution in [0.3, 0.4) is 0 Å². The van der Waals surface area contributed by atoms with Gasteiger partial charge >= 0.3 is 6.09 Å². The van der Waals surface area contributed by atoms with Crippen LogP contribution in [0.25, 0.3) is 11.3 Å². The lowest BCUT2D eigenvalue weighted by atomic mass is 10.2. The van der Waals surface area contributed by atoms with Gasteiger partial charge in [0.05, 0.1) is 12.8 Å². The van der Waals surface area contributed by atoms with E-state index in [9.17, 15) is 4.79 Å². The summed E-state index contributed by atoms with van der Waals surface area (Å²) in [4.78, 5) is 16.9. The summed E-state index contributed by atoms with van der Waals surface area (Å²) in [5.41, 5.74) is 0.931. The molecule has 8 heteroatoms. The lowest BCUT2D eigenvalue weighted by Gasteiger charge is -2.32. The average molecular weight is 431 g/mol. The Balaban J connectivity index is 1.24. The molecule has 1 unspecified atom stereocenters. The van der Waals surface area contributed by atoms with E-state index in [1.807, 2.05) is 36.4 Å². The number of nitrogens with zero attached hydrogens (tertiary/aromatic N) is 4. The summed E-state index contributed by atoms with van der Waals surface area (Å²) in [6, 6.07) is 11.1. The topological polar surface area (TPSA) is 61.5 Å². The van der Waals surface area contributed by atoms with Gasteiger partial charge < -0.3 is 19.0 Å². The van der Waals surface area contributed by atoms with Crippen LogP contribution >= 0.6 is 11.6 Å². The molecule has 1 aromatic heterocycles. The van der Waals surface area contributed by atoms with Gasteiger partial charge in [-0.3, -0.25) is 0 Å². The molecule has 1 amide bonds. The molecule has 0 N–H and O–H groups in total. The third kappa shape index (κ3) is 5.41. The summed E-state index contributed by atoms with van der Waals surface area (Å²) in [7, 11) is 2.16. The first-order valence-electron chi connectivity index (χ1n) is 10.4. The van der Waals surface area contributed by atoms with Gasteiger partial charge in [0, 0.05) is 36.8 Å². The number of hydrogen-bond donors (Lipinski definition) is 0. The molecule has 2 fully saturated rings. The summed E-state index contributed by atoms with van der Waals surface area (Å²) in [6.07, 6.45) is 2.91. The Hall–Kier alpha value is -2.35. The Kier molecular flexibility index (Phi) is 6.72. The van der Waals surface area contributed by atoms with Crippen molar-refractivity contribution in [1.82, 2.24) is 14.8 Å².